The van der Waals surface area contributed by atoms with Crippen molar-refractivity contribution < 1.29 is 29.1 Å². The summed E-state index contributed by atoms with van der Waals surface area (Å²) in [5.41, 5.74) is 10.5. The van der Waals surface area contributed by atoms with Crippen molar-refractivity contribution in [2.45, 2.75) is 45.3 Å². The Morgan fingerprint density at radius 1 is 1.00 bits per heavy atom. The van der Waals surface area contributed by atoms with Crippen LogP contribution in [0.4, 0.5) is 0 Å². The molecule has 142 valence electrons. The van der Waals surface area contributed by atoms with E-state index in [1.54, 1.807) is 13.8 Å². The van der Waals surface area contributed by atoms with Gasteiger partial charge in [-0.15, -0.1) is 0 Å². The van der Waals surface area contributed by atoms with Gasteiger partial charge in [-0.1, -0.05) is 13.8 Å². The number of amides is 4. The number of nitrogens with one attached hydrogen (secondary N) is 3. The normalized spacial score (nSPS) is 14.1. The molecule has 0 aliphatic rings. The zero-order valence-corrected chi connectivity index (χ0v) is 14.4. The molecule has 11 heteroatoms. The van der Waals surface area contributed by atoms with Crippen LogP contribution >= 0.6 is 0 Å². The third-order valence-electron chi connectivity index (χ3n) is 3.23. The van der Waals surface area contributed by atoms with Crippen molar-refractivity contribution in [2.75, 3.05) is 6.54 Å². The van der Waals surface area contributed by atoms with Crippen molar-refractivity contribution >= 4 is 29.6 Å². The van der Waals surface area contributed by atoms with Crippen LogP contribution in [0.3, 0.4) is 0 Å². The summed E-state index contributed by atoms with van der Waals surface area (Å²) in [7, 11) is 0. The lowest BCUT2D eigenvalue weighted by Gasteiger charge is -2.19. The van der Waals surface area contributed by atoms with Gasteiger partial charge in [0.15, 0.2) is 0 Å². The summed E-state index contributed by atoms with van der Waals surface area (Å²) in [5.74, 6) is -4.41. The number of nitrogens with two attached hydrogens (primary N) is 2. The van der Waals surface area contributed by atoms with Gasteiger partial charge in [-0.2, -0.15) is 0 Å². The fraction of sp³-hybridized carbons (Fsp3) is 0.643. The standard InChI is InChI=1S/C14H25N5O6/c1-6(2)11(16)13(23)17-5-10(21)18-7(3)12(22)19-8(14(24)25)4-9(15)20/h6-8,11H,4-5,16H2,1-3H3,(H2,15,20)(H,17,23)(H,18,21)(H,19,22)(H,24,25). The van der Waals surface area contributed by atoms with E-state index in [4.69, 9.17) is 16.6 Å². The van der Waals surface area contributed by atoms with Crippen LogP contribution in [-0.4, -0.2) is 59.4 Å². The molecule has 3 unspecified atom stereocenters. The van der Waals surface area contributed by atoms with E-state index in [2.05, 4.69) is 16.0 Å². The van der Waals surface area contributed by atoms with Gasteiger partial charge in [-0.05, 0) is 12.8 Å². The molecule has 0 aromatic rings. The van der Waals surface area contributed by atoms with Gasteiger partial charge in [-0.25, -0.2) is 4.79 Å². The summed E-state index contributed by atoms with van der Waals surface area (Å²) in [6.45, 7) is 4.43. The Labute approximate surface area is 144 Å². The van der Waals surface area contributed by atoms with E-state index in [9.17, 15) is 24.0 Å². The Morgan fingerprint density at radius 3 is 2.00 bits per heavy atom. The number of carboxylic acid groups (broad SMARTS) is 1. The Morgan fingerprint density at radius 2 is 1.56 bits per heavy atom. The van der Waals surface area contributed by atoms with E-state index in [1.165, 1.54) is 6.92 Å². The monoisotopic (exact) mass is 359 g/mol. The van der Waals surface area contributed by atoms with Crippen LogP contribution in [0.25, 0.3) is 0 Å². The molecule has 0 aromatic carbocycles. The first-order chi connectivity index (χ1) is 11.5. The minimum Gasteiger partial charge on any atom is -0.480 e. The maximum absolute atomic E-state index is 11.9. The van der Waals surface area contributed by atoms with Crippen LogP contribution in [-0.2, 0) is 24.0 Å². The average Bonchev–Trinajstić information content (AvgIpc) is 2.50. The lowest BCUT2D eigenvalue weighted by Crippen LogP contribution is -2.53. The summed E-state index contributed by atoms with van der Waals surface area (Å²) >= 11 is 0. The molecule has 0 bridgehead atoms. The molecule has 0 aliphatic carbocycles. The lowest BCUT2D eigenvalue weighted by atomic mass is 10.1. The van der Waals surface area contributed by atoms with Crippen molar-refractivity contribution in [3.63, 3.8) is 0 Å². The van der Waals surface area contributed by atoms with Gasteiger partial charge in [0.1, 0.15) is 12.1 Å². The van der Waals surface area contributed by atoms with E-state index in [0.717, 1.165) is 0 Å². The molecule has 0 fully saturated rings. The third-order valence-corrected chi connectivity index (χ3v) is 3.23. The minimum absolute atomic E-state index is 0.106. The second kappa shape index (κ2) is 10.2. The molecule has 11 nitrogen and oxygen atoms in total. The van der Waals surface area contributed by atoms with E-state index in [0.29, 0.717) is 0 Å². The number of rotatable bonds is 10. The predicted octanol–water partition coefficient (Wildman–Crippen LogP) is -2.96. The van der Waals surface area contributed by atoms with E-state index in [1.807, 2.05) is 0 Å². The number of aliphatic carboxylic acids is 1. The molecule has 0 saturated heterocycles. The molecule has 4 amide bonds. The summed E-state index contributed by atoms with van der Waals surface area (Å²) in [5, 5.41) is 15.6. The largest absolute Gasteiger partial charge is 0.480 e. The highest BCUT2D eigenvalue weighted by atomic mass is 16.4. The first-order valence-electron chi connectivity index (χ1n) is 7.59. The highest BCUT2D eigenvalue weighted by molar-refractivity contribution is 5.93. The maximum Gasteiger partial charge on any atom is 0.326 e. The van der Waals surface area contributed by atoms with Crippen molar-refractivity contribution in [1.82, 2.24) is 16.0 Å². The zero-order valence-electron chi connectivity index (χ0n) is 14.4. The summed E-state index contributed by atoms with van der Waals surface area (Å²) in [6.07, 6.45) is -0.578. The number of carbonyl (C=O) groups is 5. The molecule has 8 N–H and O–H groups in total. The van der Waals surface area contributed by atoms with Crippen molar-refractivity contribution in [3.8, 4) is 0 Å². The Hall–Kier alpha value is -2.69. The van der Waals surface area contributed by atoms with Crippen LogP contribution in [0.5, 0.6) is 0 Å². The van der Waals surface area contributed by atoms with Crippen molar-refractivity contribution in [1.29, 1.82) is 0 Å². The number of hydrogen-bond donors (Lipinski definition) is 6. The Bertz CT molecular complexity index is 536. The second-order valence-corrected chi connectivity index (χ2v) is 5.85. The van der Waals surface area contributed by atoms with Crippen LogP contribution in [0.1, 0.15) is 27.2 Å². The maximum atomic E-state index is 11.9. The molecular weight excluding hydrogens is 334 g/mol. The van der Waals surface area contributed by atoms with E-state index >= 15 is 0 Å². The molecule has 0 saturated carbocycles. The molecule has 0 rings (SSSR count). The highest BCUT2D eigenvalue weighted by Gasteiger charge is 2.25. The van der Waals surface area contributed by atoms with Gasteiger partial charge in [0.2, 0.25) is 23.6 Å². The molecule has 0 spiro atoms. The summed E-state index contributed by atoms with van der Waals surface area (Å²) in [4.78, 5) is 56.9. The van der Waals surface area contributed by atoms with Gasteiger partial charge in [0, 0.05) is 0 Å². The quantitative estimate of drug-likeness (QED) is 0.239. The fourth-order valence-electron chi connectivity index (χ4n) is 1.64. The molecule has 3 atom stereocenters. The number of primary amides is 1. The fourth-order valence-corrected chi connectivity index (χ4v) is 1.64. The summed E-state index contributed by atoms with van der Waals surface area (Å²) < 4.78 is 0. The summed E-state index contributed by atoms with van der Waals surface area (Å²) in [6, 6.07) is -3.34. The predicted molar refractivity (Wildman–Crippen MR) is 86.8 cm³/mol. The SMILES string of the molecule is CC(NC(=O)CNC(=O)C(N)C(C)C)C(=O)NC(CC(N)=O)C(=O)O. The van der Waals surface area contributed by atoms with Crippen LogP contribution < -0.4 is 27.4 Å². The highest BCUT2D eigenvalue weighted by Crippen LogP contribution is 1.97. The third kappa shape index (κ3) is 8.65. The van der Waals surface area contributed by atoms with Crippen LogP contribution in [0.15, 0.2) is 0 Å². The molecule has 0 heterocycles. The van der Waals surface area contributed by atoms with Gasteiger partial charge in [0.05, 0.1) is 19.0 Å². The topological polar surface area (TPSA) is 194 Å². The molecule has 0 radical (unpaired) electrons. The Kier molecular flexibility index (Phi) is 9.13. The second-order valence-electron chi connectivity index (χ2n) is 5.85. The van der Waals surface area contributed by atoms with Crippen LogP contribution in [0, 0.1) is 5.92 Å². The first-order valence-corrected chi connectivity index (χ1v) is 7.59. The average molecular weight is 359 g/mol. The lowest BCUT2D eigenvalue weighted by molar-refractivity contribution is -0.143. The van der Waals surface area contributed by atoms with Gasteiger partial charge >= 0.3 is 5.97 Å². The molecule has 0 aliphatic heterocycles. The van der Waals surface area contributed by atoms with Gasteiger partial charge in [0.25, 0.3) is 0 Å². The van der Waals surface area contributed by atoms with Gasteiger partial charge < -0.3 is 32.5 Å². The zero-order chi connectivity index (χ0) is 19.7. The molecular formula is C14H25N5O6. The van der Waals surface area contributed by atoms with Gasteiger partial charge in [-0.3, -0.25) is 19.2 Å². The minimum atomic E-state index is -1.49. The van der Waals surface area contributed by atoms with Crippen molar-refractivity contribution in [3.05, 3.63) is 0 Å². The first kappa shape index (κ1) is 22.3. The number of carboxylic acids is 1. The number of carbonyl (C=O) groups excluding carboxylic acids is 4. The van der Waals surface area contributed by atoms with Crippen molar-refractivity contribution in [2.24, 2.45) is 17.4 Å². The Balaban J connectivity index is 4.46. The van der Waals surface area contributed by atoms with Crippen LogP contribution in [0.2, 0.25) is 0 Å². The molecule has 0 aromatic heterocycles. The smallest absolute Gasteiger partial charge is 0.326 e. The number of hydrogen-bond acceptors (Lipinski definition) is 6. The molecule has 25 heavy (non-hydrogen) atoms. The van der Waals surface area contributed by atoms with E-state index in [-0.39, 0.29) is 12.5 Å². The van der Waals surface area contributed by atoms with E-state index < -0.39 is 54.1 Å².